The summed E-state index contributed by atoms with van der Waals surface area (Å²) in [6, 6.07) is 13.1. The highest BCUT2D eigenvalue weighted by Gasteiger charge is 2.02. The molecule has 0 amide bonds. The highest BCUT2D eigenvalue weighted by molar-refractivity contribution is 7.51. The van der Waals surface area contributed by atoms with Gasteiger partial charge in [-0.2, -0.15) is 10.5 Å². The van der Waals surface area contributed by atoms with E-state index in [-0.39, 0.29) is 14.2 Å². The van der Waals surface area contributed by atoms with Crippen molar-refractivity contribution >= 4 is 13.9 Å². The second-order valence-electron chi connectivity index (χ2n) is 2.50. The Bertz CT molecular complexity index is 407. The van der Waals surface area contributed by atoms with Gasteiger partial charge in [0.25, 0.3) is 0 Å². The van der Waals surface area contributed by atoms with Crippen LogP contribution in [0.2, 0.25) is 0 Å². The molecular weight excluding hydrogens is 193 g/mol. The van der Waals surface area contributed by atoms with E-state index in [1.54, 1.807) is 12.1 Å². The van der Waals surface area contributed by atoms with Crippen molar-refractivity contribution in [2.24, 2.45) is 5.73 Å². The Morgan fingerprint density at radius 3 is 2.21 bits per heavy atom. The molecule has 1 aromatic rings. The number of hydrogen-bond acceptors (Lipinski definition) is 3. The Morgan fingerprint density at radius 2 is 1.71 bits per heavy atom. The van der Waals surface area contributed by atoms with Crippen LogP contribution in [0.3, 0.4) is 0 Å². The highest BCUT2D eigenvalue weighted by Crippen LogP contribution is 2.20. The van der Waals surface area contributed by atoms with Crippen LogP contribution in [0.5, 0.6) is 0 Å². The molecule has 0 aliphatic rings. The minimum Gasteiger partial charge on any atom is -0.397 e. The molecule has 0 fully saturated rings. The van der Waals surface area contributed by atoms with Crippen LogP contribution in [0.15, 0.2) is 41.3 Å². The Labute approximate surface area is 84.2 Å². The maximum absolute atomic E-state index is 8.57. The van der Waals surface area contributed by atoms with Gasteiger partial charge in [-0.1, -0.05) is 30.3 Å². The average Bonchev–Trinajstić information content (AvgIpc) is 2.21. The van der Waals surface area contributed by atoms with Crippen molar-refractivity contribution in [3.63, 3.8) is 0 Å². The van der Waals surface area contributed by atoms with Crippen molar-refractivity contribution in [3.8, 4) is 12.1 Å². The van der Waals surface area contributed by atoms with Gasteiger partial charge >= 0.3 is 0 Å². The van der Waals surface area contributed by atoms with Crippen LogP contribution in [0.1, 0.15) is 0 Å². The molecule has 0 bridgehead atoms. The molecule has 4 heteroatoms. The number of rotatable bonds is 2. The largest absolute Gasteiger partial charge is 0.397 e. The highest BCUT2D eigenvalue weighted by atomic mass is 31.1. The summed E-state index contributed by atoms with van der Waals surface area (Å²) in [4.78, 5) is 0. The predicted octanol–water partition coefficient (Wildman–Crippen LogP) is 1.21. The minimum absolute atomic E-state index is 0.00665. The maximum atomic E-state index is 8.57. The van der Waals surface area contributed by atoms with E-state index in [4.69, 9.17) is 16.3 Å². The van der Waals surface area contributed by atoms with Gasteiger partial charge in [0, 0.05) is 0 Å². The van der Waals surface area contributed by atoms with Crippen molar-refractivity contribution in [1.29, 1.82) is 10.5 Å². The predicted molar refractivity (Wildman–Crippen MR) is 56.8 cm³/mol. The van der Waals surface area contributed by atoms with E-state index in [2.05, 4.69) is 0 Å². The first-order chi connectivity index (χ1) is 6.77. The van der Waals surface area contributed by atoms with Gasteiger partial charge in [0.1, 0.15) is 12.1 Å². The second-order valence-corrected chi connectivity index (χ2v) is 3.87. The first kappa shape index (κ1) is 10.3. The minimum atomic E-state index is 0.00665. The van der Waals surface area contributed by atoms with E-state index in [0.717, 1.165) is 5.30 Å². The van der Waals surface area contributed by atoms with Crippen molar-refractivity contribution in [3.05, 3.63) is 41.3 Å². The molecule has 0 radical (unpaired) electrons. The summed E-state index contributed by atoms with van der Waals surface area (Å²) in [5.74, 6) is 0. The summed E-state index contributed by atoms with van der Waals surface area (Å²) in [6.45, 7) is 0. The number of nitriles is 2. The summed E-state index contributed by atoms with van der Waals surface area (Å²) >= 11 is 0. The zero-order chi connectivity index (χ0) is 10.4. The van der Waals surface area contributed by atoms with E-state index in [9.17, 15) is 0 Å². The van der Waals surface area contributed by atoms with Crippen LogP contribution >= 0.6 is 8.58 Å². The summed E-state index contributed by atoms with van der Waals surface area (Å²) in [5.41, 5.74) is 5.97. The normalized spacial score (nSPS) is 9.29. The van der Waals surface area contributed by atoms with Crippen molar-refractivity contribution in [2.75, 3.05) is 0 Å². The molecule has 0 saturated heterocycles. The third-order valence-corrected chi connectivity index (χ3v) is 2.69. The van der Waals surface area contributed by atoms with Crippen molar-refractivity contribution < 1.29 is 0 Å². The van der Waals surface area contributed by atoms with Crippen LogP contribution in [-0.4, -0.2) is 0 Å². The van der Waals surface area contributed by atoms with Gasteiger partial charge in [0.05, 0.1) is 5.44 Å². The van der Waals surface area contributed by atoms with Crippen LogP contribution in [0.4, 0.5) is 0 Å². The van der Waals surface area contributed by atoms with Crippen LogP contribution in [0.25, 0.3) is 0 Å². The number of allylic oxidation sites excluding steroid dienone is 1. The van der Waals surface area contributed by atoms with Gasteiger partial charge in [-0.15, -0.1) is 0 Å². The lowest BCUT2D eigenvalue weighted by Crippen LogP contribution is -2.01. The maximum Gasteiger partial charge on any atom is 0.152 e. The van der Waals surface area contributed by atoms with Gasteiger partial charge in [-0.25, -0.2) is 0 Å². The lowest BCUT2D eigenvalue weighted by atomic mass is 10.4. The smallest absolute Gasteiger partial charge is 0.152 e. The molecule has 1 rings (SSSR count). The first-order valence-corrected chi connectivity index (χ1v) is 4.90. The fourth-order valence-electron chi connectivity index (χ4n) is 0.885. The Balaban J connectivity index is 2.87. The van der Waals surface area contributed by atoms with Gasteiger partial charge in [-0.3, -0.25) is 0 Å². The summed E-state index contributed by atoms with van der Waals surface area (Å²) in [7, 11) is 0.185. The first-order valence-electron chi connectivity index (χ1n) is 3.90. The molecule has 0 aliphatic heterocycles. The average molecular weight is 201 g/mol. The molecule has 0 heterocycles. The fourth-order valence-corrected chi connectivity index (χ4v) is 1.79. The fraction of sp³-hybridized carbons (Fsp3) is 0. The van der Waals surface area contributed by atoms with Gasteiger partial charge in [-0.05, 0) is 13.9 Å². The second kappa shape index (κ2) is 5.02. The molecule has 0 saturated carbocycles. The van der Waals surface area contributed by atoms with Gasteiger partial charge in [0.15, 0.2) is 5.57 Å². The Hall–Kier alpha value is -1.83. The molecule has 0 spiro atoms. The van der Waals surface area contributed by atoms with Crippen molar-refractivity contribution in [2.45, 2.75) is 0 Å². The van der Waals surface area contributed by atoms with E-state index in [0.29, 0.717) is 5.44 Å². The van der Waals surface area contributed by atoms with Gasteiger partial charge < -0.3 is 5.73 Å². The third kappa shape index (κ3) is 2.59. The molecular formula is C10H8N3P. The number of benzene rings is 1. The third-order valence-electron chi connectivity index (χ3n) is 1.55. The van der Waals surface area contributed by atoms with Crippen LogP contribution in [-0.2, 0) is 0 Å². The number of nitrogens with two attached hydrogens (primary N) is 1. The van der Waals surface area contributed by atoms with E-state index >= 15 is 0 Å². The zero-order valence-electron chi connectivity index (χ0n) is 7.36. The lowest BCUT2D eigenvalue weighted by molar-refractivity contribution is 1.41. The van der Waals surface area contributed by atoms with Crippen molar-refractivity contribution in [1.82, 2.24) is 0 Å². The molecule has 2 N–H and O–H groups in total. The van der Waals surface area contributed by atoms with E-state index < -0.39 is 0 Å². The lowest BCUT2D eigenvalue weighted by Gasteiger charge is -2.00. The molecule has 3 nitrogen and oxygen atoms in total. The molecule has 1 atom stereocenters. The molecule has 1 unspecified atom stereocenters. The number of nitrogens with zero attached hydrogens (tertiary/aromatic N) is 2. The topological polar surface area (TPSA) is 73.6 Å². The summed E-state index contributed by atoms with van der Waals surface area (Å²) < 4.78 is 0. The zero-order valence-corrected chi connectivity index (χ0v) is 8.36. The SMILES string of the molecule is N#CC(C#N)=C(N)Pc1ccccc1. The Kier molecular flexibility index (Phi) is 3.68. The van der Waals surface area contributed by atoms with Gasteiger partial charge in [0.2, 0.25) is 0 Å². The Morgan fingerprint density at radius 1 is 1.14 bits per heavy atom. The molecule has 0 aromatic heterocycles. The van der Waals surface area contributed by atoms with Crippen LogP contribution < -0.4 is 11.0 Å². The monoisotopic (exact) mass is 201 g/mol. The van der Waals surface area contributed by atoms with E-state index in [1.807, 2.05) is 30.3 Å². The number of hydrogen-bond donors (Lipinski definition) is 1. The summed E-state index contributed by atoms with van der Waals surface area (Å²) in [6.07, 6.45) is 0. The molecule has 1 aromatic carbocycles. The molecule has 14 heavy (non-hydrogen) atoms. The van der Waals surface area contributed by atoms with E-state index in [1.165, 1.54) is 0 Å². The van der Waals surface area contributed by atoms with Crippen LogP contribution in [0, 0.1) is 22.7 Å². The molecule has 68 valence electrons. The molecule has 0 aliphatic carbocycles. The summed E-state index contributed by atoms with van der Waals surface area (Å²) in [5, 5.41) is 18.2. The quantitative estimate of drug-likeness (QED) is 0.577. The standard InChI is InChI=1S/C10H8N3P/c11-6-8(7-12)10(13)14-9-4-2-1-3-5-9/h1-5,14H,13H2.